The minimum Gasteiger partial charge on any atom is -0.361 e. The monoisotopic (exact) mass is 419 g/mol. The zero-order valence-corrected chi connectivity index (χ0v) is 17.5. The SMILES string of the molecule is Cc1ccc(-c2cc(-c3ccc(F)cc3)nn2CCNC(=O)c2c(C)noc2C)nc1. The number of hydrogen-bond donors (Lipinski definition) is 1. The van der Waals surface area contributed by atoms with E-state index < -0.39 is 0 Å². The predicted octanol–water partition coefficient (Wildman–Crippen LogP) is 4.09. The molecule has 1 amide bonds. The van der Waals surface area contributed by atoms with Gasteiger partial charge in [0.25, 0.3) is 5.91 Å². The fourth-order valence-electron chi connectivity index (χ4n) is 3.35. The Kier molecular flexibility index (Phi) is 5.62. The first-order valence-corrected chi connectivity index (χ1v) is 9.90. The van der Waals surface area contributed by atoms with E-state index >= 15 is 0 Å². The summed E-state index contributed by atoms with van der Waals surface area (Å²) in [4.78, 5) is 17.0. The molecule has 4 aromatic rings. The third-order valence-electron chi connectivity index (χ3n) is 4.96. The molecular weight excluding hydrogens is 397 g/mol. The quantitative estimate of drug-likeness (QED) is 0.509. The van der Waals surface area contributed by atoms with Gasteiger partial charge in [-0.25, -0.2) is 4.39 Å². The van der Waals surface area contributed by atoms with Crippen LogP contribution in [-0.2, 0) is 6.54 Å². The number of amides is 1. The van der Waals surface area contributed by atoms with E-state index in [9.17, 15) is 9.18 Å². The van der Waals surface area contributed by atoms with Crippen molar-refractivity contribution in [3.63, 3.8) is 0 Å². The van der Waals surface area contributed by atoms with Gasteiger partial charge in [0.05, 0.1) is 29.3 Å². The standard InChI is InChI=1S/C23H22FN5O2/c1-14-4-9-19(26-13-14)21-12-20(17-5-7-18(24)8-6-17)27-29(21)11-10-25-23(30)22-15(2)28-31-16(22)3/h4-9,12-13H,10-11H2,1-3H3,(H,25,30). The molecule has 0 aliphatic rings. The summed E-state index contributed by atoms with van der Waals surface area (Å²) in [6.45, 7) is 6.20. The predicted molar refractivity (Wildman–Crippen MR) is 114 cm³/mol. The van der Waals surface area contributed by atoms with Crippen LogP contribution in [0, 0.1) is 26.6 Å². The summed E-state index contributed by atoms with van der Waals surface area (Å²) in [7, 11) is 0. The minimum absolute atomic E-state index is 0.239. The van der Waals surface area contributed by atoms with E-state index in [0.717, 1.165) is 22.5 Å². The Morgan fingerprint density at radius 2 is 1.87 bits per heavy atom. The second-order valence-electron chi connectivity index (χ2n) is 7.32. The maximum Gasteiger partial charge on any atom is 0.256 e. The smallest absolute Gasteiger partial charge is 0.256 e. The average molecular weight is 419 g/mol. The molecule has 1 aromatic carbocycles. The van der Waals surface area contributed by atoms with Crippen molar-refractivity contribution in [3.05, 3.63) is 77.1 Å². The summed E-state index contributed by atoms with van der Waals surface area (Å²) in [6.07, 6.45) is 1.80. The van der Waals surface area contributed by atoms with E-state index in [0.29, 0.717) is 35.8 Å². The van der Waals surface area contributed by atoms with Crippen molar-refractivity contribution in [1.82, 2.24) is 25.2 Å². The number of aromatic nitrogens is 4. The van der Waals surface area contributed by atoms with Crippen molar-refractivity contribution in [1.29, 1.82) is 0 Å². The van der Waals surface area contributed by atoms with Crippen molar-refractivity contribution in [2.24, 2.45) is 0 Å². The van der Waals surface area contributed by atoms with Crippen molar-refractivity contribution < 1.29 is 13.7 Å². The minimum atomic E-state index is -0.300. The van der Waals surface area contributed by atoms with Crippen molar-refractivity contribution in [2.75, 3.05) is 6.54 Å². The number of nitrogens with one attached hydrogen (secondary N) is 1. The van der Waals surface area contributed by atoms with Crippen LogP contribution in [0.25, 0.3) is 22.6 Å². The average Bonchev–Trinajstić information content (AvgIpc) is 3.32. The fourth-order valence-corrected chi connectivity index (χ4v) is 3.35. The number of halogens is 1. The van der Waals surface area contributed by atoms with Gasteiger partial charge in [-0.1, -0.05) is 11.2 Å². The van der Waals surface area contributed by atoms with Crippen LogP contribution in [0.3, 0.4) is 0 Å². The normalized spacial score (nSPS) is 11.0. The van der Waals surface area contributed by atoms with Crippen molar-refractivity contribution in [3.8, 4) is 22.6 Å². The van der Waals surface area contributed by atoms with E-state index in [1.54, 1.807) is 36.9 Å². The molecule has 0 saturated heterocycles. The van der Waals surface area contributed by atoms with Crippen LogP contribution in [0.5, 0.6) is 0 Å². The molecular formula is C23H22FN5O2. The second kappa shape index (κ2) is 8.51. The fraction of sp³-hybridized carbons (Fsp3) is 0.217. The second-order valence-corrected chi connectivity index (χ2v) is 7.32. The summed E-state index contributed by atoms with van der Waals surface area (Å²) in [5.41, 5.74) is 5.14. The molecule has 0 fully saturated rings. The maximum absolute atomic E-state index is 13.3. The van der Waals surface area contributed by atoms with Crippen LogP contribution in [-0.4, -0.2) is 32.4 Å². The first kappa shape index (κ1) is 20.5. The lowest BCUT2D eigenvalue weighted by Crippen LogP contribution is -2.28. The molecule has 7 nitrogen and oxygen atoms in total. The van der Waals surface area contributed by atoms with Gasteiger partial charge in [-0.15, -0.1) is 0 Å². The van der Waals surface area contributed by atoms with Crippen LogP contribution in [0.1, 0.15) is 27.4 Å². The molecule has 0 bridgehead atoms. The van der Waals surface area contributed by atoms with E-state index in [-0.39, 0.29) is 11.7 Å². The number of hydrogen-bond acceptors (Lipinski definition) is 5. The van der Waals surface area contributed by atoms with Gasteiger partial charge >= 0.3 is 0 Å². The molecule has 3 heterocycles. The number of rotatable bonds is 6. The number of nitrogens with zero attached hydrogens (tertiary/aromatic N) is 4. The van der Waals surface area contributed by atoms with Crippen LogP contribution in [0.4, 0.5) is 4.39 Å². The van der Waals surface area contributed by atoms with E-state index in [1.807, 2.05) is 25.1 Å². The van der Waals surface area contributed by atoms with Crippen molar-refractivity contribution >= 4 is 5.91 Å². The zero-order chi connectivity index (χ0) is 22.0. The Bertz CT molecular complexity index is 1190. The first-order chi connectivity index (χ1) is 14.9. The summed E-state index contributed by atoms with van der Waals surface area (Å²) in [5.74, 6) is -0.0555. The molecule has 0 aliphatic heterocycles. The molecule has 0 atom stereocenters. The van der Waals surface area contributed by atoms with E-state index in [4.69, 9.17) is 4.52 Å². The summed E-state index contributed by atoms with van der Waals surface area (Å²) >= 11 is 0. The molecule has 158 valence electrons. The molecule has 4 rings (SSSR count). The summed E-state index contributed by atoms with van der Waals surface area (Å²) < 4.78 is 20.2. The largest absolute Gasteiger partial charge is 0.361 e. The number of carbonyl (C=O) groups excluding carboxylic acids is 1. The molecule has 0 spiro atoms. The van der Waals surface area contributed by atoms with Gasteiger partial charge in [0, 0.05) is 18.3 Å². The van der Waals surface area contributed by atoms with Crippen molar-refractivity contribution in [2.45, 2.75) is 27.3 Å². The number of benzene rings is 1. The molecule has 3 aromatic heterocycles. The highest BCUT2D eigenvalue weighted by Gasteiger charge is 2.18. The van der Waals surface area contributed by atoms with E-state index in [1.165, 1.54) is 12.1 Å². The van der Waals surface area contributed by atoms with E-state index in [2.05, 4.69) is 20.6 Å². The molecule has 0 unspecified atom stereocenters. The third-order valence-corrected chi connectivity index (χ3v) is 4.96. The molecule has 31 heavy (non-hydrogen) atoms. The van der Waals surface area contributed by atoms with Gasteiger partial charge in [0.15, 0.2) is 0 Å². The lowest BCUT2D eigenvalue weighted by molar-refractivity contribution is 0.0950. The topological polar surface area (TPSA) is 85.8 Å². The zero-order valence-electron chi connectivity index (χ0n) is 17.5. The number of pyridine rings is 1. The Balaban J connectivity index is 1.58. The van der Waals surface area contributed by atoms with Crippen LogP contribution >= 0.6 is 0 Å². The highest BCUT2D eigenvalue weighted by molar-refractivity contribution is 5.96. The maximum atomic E-state index is 13.3. The summed E-state index contributed by atoms with van der Waals surface area (Å²) in [6, 6.07) is 12.0. The van der Waals surface area contributed by atoms with Gasteiger partial charge in [-0.05, 0) is 62.7 Å². The highest BCUT2D eigenvalue weighted by atomic mass is 19.1. The summed E-state index contributed by atoms with van der Waals surface area (Å²) in [5, 5.41) is 11.4. The van der Waals surface area contributed by atoms with Crippen LogP contribution in [0.15, 0.2) is 53.2 Å². The lowest BCUT2D eigenvalue weighted by Gasteiger charge is -2.09. The number of carbonyl (C=O) groups is 1. The Hall–Kier alpha value is -3.81. The molecule has 0 radical (unpaired) electrons. The highest BCUT2D eigenvalue weighted by Crippen LogP contribution is 2.25. The Labute approximate surface area is 178 Å². The van der Waals surface area contributed by atoms with Gasteiger partial charge in [-0.3, -0.25) is 14.5 Å². The Morgan fingerprint density at radius 3 is 2.52 bits per heavy atom. The molecule has 1 N–H and O–H groups in total. The molecule has 0 saturated carbocycles. The Morgan fingerprint density at radius 1 is 1.10 bits per heavy atom. The lowest BCUT2D eigenvalue weighted by atomic mass is 10.1. The van der Waals surface area contributed by atoms with Gasteiger partial charge < -0.3 is 9.84 Å². The van der Waals surface area contributed by atoms with Gasteiger partial charge in [0.1, 0.15) is 17.1 Å². The molecule has 8 heteroatoms. The number of aryl methyl sites for hydroxylation is 3. The first-order valence-electron chi connectivity index (χ1n) is 9.90. The van der Waals surface area contributed by atoms with Gasteiger partial charge in [0.2, 0.25) is 0 Å². The third kappa shape index (κ3) is 4.37. The van der Waals surface area contributed by atoms with Gasteiger partial charge in [-0.2, -0.15) is 5.10 Å². The molecule has 0 aliphatic carbocycles. The van der Waals surface area contributed by atoms with Crippen LogP contribution in [0.2, 0.25) is 0 Å². The van der Waals surface area contributed by atoms with Crippen LogP contribution < -0.4 is 5.32 Å².